The van der Waals surface area contributed by atoms with Gasteiger partial charge in [-0.2, -0.15) is 5.26 Å². The maximum absolute atomic E-state index is 11.6. The first-order valence-electron chi connectivity index (χ1n) is 11.9. The fourth-order valence-electron chi connectivity index (χ4n) is 5.77. The lowest BCUT2D eigenvalue weighted by atomic mass is 9.76. The molecule has 2 aromatic heterocycles. The third kappa shape index (κ3) is 3.14. The highest BCUT2D eigenvalue weighted by molar-refractivity contribution is 5.95. The number of nitrogens with zero attached hydrogens (tertiary/aromatic N) is 3. The van der Waals surface area contributed by atoms with Gasteiger partial charge in [0.25, 0.3) is 5.88 Å². The summed E-state index contributed by atoms with van der Waals surface area (Å²) in [5.41, 5.74) is -0.812. The standard InChI is InChI=1S/C27H23N3O8/c1-26-19(31)12-27(38-26,9-10-36-20-11-18(37-29-20)25(34)35-2)22-21(26)23(32)30(24(22)33)17-8-7-14(13-28)15-5-3-4-6-16(15)17/h3-8,11,19,31-33H,9-10,12H2,1-2H3/t19?,26-,27+/m1/s1. The zero-order chi connectivity index (χ0) is 26.8. The summed E-state index contributed by atoms with van der Waals surface area (Å²) in [5, 5.41) is 48.5. The zero-order valence-corrected chi connectivity index (χ0v) is 20.5. The van der Waals surface area contributed by atoms with Crippen LogP contribution in [0.1, 0.15) is 47.0 Å². The first kappa shape index (κ1) is 23.8. The molecule has 11 nitrogen and oxygen atoms in total. The van der Waals surface area contributed by atoms with Gasteiger partial charge in [-0.3, -0.25) is 4.57 Å². The van der Waals surface area contributed by atoms with E-state index >= 15 is 0 Å². The molecule has 0 aliphatic carbocycles. The molecule has 1 unspecified atom stereocenters. The lowest BCUT2D eigenvalue weighted by Crippen LogP contribution is -2.33. The zero-order valence-electron chi connectivity index (χ0n) is 20.5. The van der Waals surface area contributed by atoms with Gasteiger partial charge in [-0.05, 0) is 24.2 Å². The molecule has 4 heterocycles. The van der Waals surface area contributed by atoms with Crippen molar-refractivity contribution in [2.24, 2.45) is 0 Å². The van der Waals surface area contributed by atoms with Crippen LogP contribution in [-0.2, 0) is 20.7 Å². The Balaban J connectivity index is 1.40. The molecule has 0 amide bonds. The number of ether oxygens (including phenoxy) is 3. The van der Waals surface area contributed by atoms with Gasteiger partial charge in [0, 0.05) is 23.6 Å². The molecular formula is C27H23N3O8. The van der Waals surface area contributed by atoms with E-state index in [0.717, 1.165) is 0 Å². The van der Waals surface area contributed by atoms with Crippen molar-refractivity contribution in [1.29, 1.82) is 5.26 Å². The van der Waals surface area contributed by atoms with Gasteiger partial charge in [-0.15, -0.1) is 0 Å². The predicted molar refractivity (Wildman–Crippen MR) is 130 cm³/mol. The number of aromatic hydroxyl groups is 2. The van der Waals surface area contributed by atoms with E-state index in [1.54, 1.807) is 31.2 Å². The average molecular weight is 517 g/mol. The van der Waals surface area contributed by atoms with Gasteiger partial charge in [0.2, 0.25) is 17.5 Å². The molecule has 2 aromatic carbocycles. The molecule has 194 valence electrons. The van der Waals surface area contributed by atoms with Crippen LogP contribution in [-0.4, -0.2) is 50.8 Å². The highest BCUT2D eigenvalue weighted by Crippen LogP contribution is 2.65. The number of fused-ring (bicyclic) bond motifs is 6. The summed E-state index contributed by atoms with van der Waals surface area (Å²) in [6.07, 6.45) is -0.595. The molecular weight excluding hydrogens is 494 g/mol. The molecule has 4 aromatic rings. The number of carbonyl (C=O) groups excluding carboxylic acids is 1. The van der Waals surface area contributed by atoms with E-state index in [-0.39, 0.29) is 42.8 Å². The Hall–Kier alpha value is -4.53. The highest BCUT2D eigenvalue weighted by atomic mass is 16.6. The fraction of sp³-hybridized carbons (Fsp3) is 0.296. The number of aliphatic hydroxyl groups excluding tert-OH is 1. The van der Waals surface area contributed by atoms with E-state index in [2.05, 4.69) is 16.0 Å². The van der Waals surface area contributed by atoms with Crippen LogP contribution in [0.25, 0.3) is 16.5 Å². The quantitative estimate of drug-likeness (QED) is 0.324. The van der Waals surface area contributed by atoms with Crippen LogP contribution in [0.15, 0.2) is 47.0 Å². The molecule has 11 heteroatoms. The van der Waals surface area contributed by atoms with Crippen molar-refractivity contribution in [2.75, 3.05) is 13.7 Å². The van der Waals surface area contributed by atoms with Gasteiger partial charge in [0.15, 0.2) is 0 Å². The minimum Gasteiger partial charge on any atom is -0.494 e. The maximum Gasteiger partial charge on any atom is 0.377 e. The van der Waals surface area contributed by atoms with Crippen LogP contribution in [0.2, 0.25) is 0 Å². The number of hydrogen-bond donors (Lipinski definition) is 3. The minimum absolute atomic E-state index is 0.0422. The topological polar surface area (TPSA) is 160 Å². The second-order valence-corrected chi connectivity index (χ2v) is 9.57. The smallest absolute Gasteiger partial charge is 0.377 e. The number of esters is 1. The van der Waals surface area contributed by atoms with Crippen molar-refractivity contribution in [3.05, 3.63) is 64.9 Å². The maximum atomic E-state index is 11.6. The van der Waals surface area contributed by atoms with Crippen molar-refractivity contribution in [1.82, 2.24) is 9.72 Å². The first-order chi connectivity index (χ1) is 18.2. The molecule has 2 bridgehead atoms. The molecule has 0 spiro atoms. The van der Waals surface area contributed by atoms with Gasteiger partial charge in [0.1, 0.15) is 11.2 Å². The Morgan fingerprint density at radius 1 is 1.21 bits per heavy atom. The SMILES string of the molecule is COC(=O)c1cc(OCC[C@@]23CC(O)[C@@](C)(O2)c2c3c(O)n(-c3ccc(C#N)c4ccccc34)c2O)no1. The minimum atomic E-state index is -1.27. The van der Waals surface area contributed by atoms with Gasteiger partial charge in [0.05, 0.1) is 54.3 Å². The summed E-state index contributed by atoms with van der Waals surface area (Å²) in [7, 11) is 1.22. The molecule has 38 heavy (non-hydrogen) atoms. The predicted octanol–water partition coefficient (Wildman–Crippen LogP) is 3.36. The van der Waals surface area contributed by atoms with Crippen LogP contribution >= 0.6 is 0 Å². The molecule has 2 aliphatic rings. The fourth-order valence-corrected chi connectivity index (χ4v) is 5.77. The Morgan fingerprint density at radius 2 is 1.95 bits per heavy atom. The summed E-state index contributed by atoms with van der Waals surface area (Å²) in [6.45, 7) is 1.72. The highest BCUT2D eigenvalue weighted by Gasteiger charge is 2.66. The normalized spacial score (nSPS) is 23.4. The van der Waals surface area contributed by atoms with E-state index < -0.39 is 23.3 Å². The lowest BCUT2D eigenvalue weighted by Gasteiger charge is -2.26. The van der Waals surface area contributed by atoms with E-state index in [0.29, 0.717) is 33.2 Å². The van der Waals surface area contributed by atoms with Crippen molar-refractivity contribution >= 4 is 16.7 Å². The van der Waals surface area contributed by atoms with Crippen LogP contribution in [0.3, 0.4) is 0 Å². The summed E-state index contributed by atoms with van der Waals surface area (Å²) in [4.78, 5) is 11.6. The number of nitriles is 1. The molecule has 6 rings (SSSR count). The summed E-state index contributed by atoms with van der Waals surface area (Å²) >= 11 is 0. The third-order valence-corrected chi connectivity index (χ3v) is 7.53. The van der Waals surface area contributed by atoms with Crippen molar-refractivity contribution in [2.45, 2.75) is 37.1 Å². The summed E-state index contributed by atoms with van der Waals surface area (Å²) in [5.74, 6) is -1.22. The molecule has 1 saturated heterocycles. The van der Waals surface area contributed by atoms with E-state index in [1.165, 1.54) is 17.7 Å². The van der Waals surface area contributed by atoms with Crippen LogP contribution < -0.4 is 4.74 Å². The summed E-state index contributed by atoms with van der Waals surface area (Å²) in [6, 6.07) is 14.0. The van der Waals surface area contributed by atoms with Crippen LogP contribution in [0.5, 0.6) is 17.6 Å². The van der Waals surface area contributed by atoms with Crippen molar-refractivity contribution in [3.63, 3.8) is 0 Å². The van der Waals surface area contributed by atoms with Crippen molar-refractivity contribution < 1.29 is 38.8 Å². The van der Waals surface area contributed by atoms with E-state index in [9.17, 15) is 25.4 Å². The van der Waals surface area contributed by atoms with Crippen LogP contribution in [0.4, 0.5) is 0 Å². The number of aliphatic hydroxyl groups is 1. The molecule has 1 fully saturated rings. The van der Waals surface area contributed by atoms with Crippen LogP contribution in [0, 0.1) is 11.3 Å². The second-order valence-electron chi connectivity index (χ2n) is 9.57. The van der Waals surface area contributed by atoms with Gasteiger partial charge in [-0.1, -0.05) is 24.3 Å². The number of aromatic nitrogens is 2. The molecule has 3 atom stereocenters. The lowest BCUT2D eigenvalue weighted by molar-refractivity contribution is -0.107. The number of benzene rings is 2. The molecule has 2 aliphatic heterocycles. The first-order valence-corrected chi connectivity index (χ1v) is 11.9. The molecule has 0 radical (unpaired) electrons. The Bertz CT molecular complexity index is 1650. The van der Waals surface area contributed by atoms with E-state index in [1.807, 2.05) is 12.1 Å². The Kier molecular flexibility index (Phi) is 5.17. The van der Waals surface area contributed by atoms with Gasteiger partial charge in [-0.25, -0.2) is 4.79 Å². The summed E-state index contributed by atoms with van der Waals surface area (Å²) < 4.78 is 22.8. The van der Waals surface area contributed by atoms with Crippen molar-refractivity contribution in [3.8, 4) is 29.4 Å². The van der Waals surface area contributed by atoms with Gasteiger partial charge >= 0.3 is 5.97 Å². The van der Waals surface area contributed by atoms with E-state index in [4.69, 9.17) is 14.0 Å². The number of hydrogen-bond acceptors (Lipinski definition) is 10. The number of rotatable bonds is 6. The average Bonchev–Trinajstić information content (AvgIpc) is 3.62. The largest absolute Gasteiger partial charge is 0.494 e. The molecule has 0 saturated carbocycles. The third-order valence-electron chi connectivity index (χ3n) is 7.53. The molecule has 3 N–H and O–H groups in total. The second kappa shape index (κ2) is 8.24. The monoisotopic (exact) mass is 517 g/mol. The Morgan fingerprint density at radius 3 is 2.68 bits per heavy atom. The van der Waals surface area contributed by atoms with Gasteiger partial charge < -0.3 is 34.1 Å². The Labute approximate surface area is 216 Å². The number of methoxy groups -OCH3 is 1. The number of carbonyl (C=O) groups is 1.